The third-order valence-electron chi connectivity index (χ3n) is 11.8. The van der Waals surface area contributed by atoms with E-state index >= 15 is 0 Å². The molecule has 4 radical (unpaired) electrons. The molecule has 0 aromatic heterocycles. The van der Waals surface area contributed by atoms with Crippen molar-refractivity contribution in [2.45, 2.75) is 62.8 Å². The summed E-state index contributed by atoms with van der Waals surface area (Å²) in [5.74, 6) is 0. The predicted octanol–water partition coefficient (Wildman–Crippen LogP) is 9.86. The Kier molecular flexibility index (Phi) is 8.77. The number of fused-ring (bicyclic) bond motifs is 4. The molecule has 0 saturated heterocycles. The molecule has 51 heavy (non-hydrogen) atoms. The van der Waals surface area contributed by atoms with Crippen LogP contribution < -0.4 is 21.6 Å². The van der Waals surface area contributed by atoms with Crippen LogP contribution in [0, 0.1) is 5.41 Å². The number of nitrogens with two attached hydrogens (primary N) is 1. The highest BCUT2D eigenvalue weighted by molar-refractivity contribution is 7.80. The SMILES string of the molecule is [B]c1ccc(N2/C(c3ccccc3S)=C\C3=C(C4(C)CCCCC4(C)N)CCC=C3c3cc(-c4ccccc4)cc2c3[B])c(-c2ccccc2)c1. The van der Waals surface area contributed by atoms with E-state index in [9.17, 15) is 0 Å². The molecule has 2 atom stereocenters. The molecule has 5 aromatic rings. The van der Waals surface area contributed by atoms with Crippen molar-refractivity contribution in [2.24, 2.45) is 11.1 Å². The molecule has 0 spiro atoms. The second-order valence-corrected chi connectivity index (χ2v) is 15.3. The number of allylic oxidation sites excluding steroid dienone is 4. The molecule has 0 amide bonds. The van der Waals surface area contributed by atoms with Crippen molar-refractivity contribution in [1.82, 2.24) is 0 Å². The number of hydrogen-bond donors (Lipinski definition) is 2. The summed E-state index contributed by atoms with van der Waals surface area (Å²) in [6.45, 7) is 4.68. The van der Waals surface area contributed by atoms with E-state index in [2.05, 4.69) is 128 Å². The van der Waals surface area contributed by atoms with Crippen LogP contribution in [0.25, 0.3) is 33.5 Å². The first-order chi connectivity index (χ1) is 24.7. The molecule has 2 N–H and O–H groups in total. The largest absolute Gasteiger partial charge is 0.325 e. The summed E-state index contributed by atoms with van der Waals surface area (Å²) in [6.07, 6.45) is 11.1. The van der Waals surface area contributed by atoms with E-state index in [1.54, 1.807) is 0 Å². The average molecular weight is 677 g/mol. The summed E-state index contributed by atoms with van der Waals surface area (Å²) in [6, 6.07) is 40.2. The second-order valence-electron chi connectivity index (χ2n) is 14.9. The molecule has 2 aliphatic carbocycles. The zero-order valence-electron chi connectivity index (χ0n) is 29.5. The lowest BCUT2D eigenvalue weighted by Crippen LogP contribution is -2.55. The van der Waals surface area contributed by atoms with Crippen molar-refractivity contribution >= 4 is 61.9 Å². The molecule has 1 heterocycles. The Morgan fingerprint density at radius 1 is 0.686 bits per heavy atom. The summed E-state index contributed by atoms with van der Waals surface area (Å²) >= 11 is 5.10. The molecule has 2 nitrogen and oxygen atoms in total. The van der Waals surface area contributed by atoms with E-state index < -0.39 is 0 Å². The molecule has 2 unspecified atom stereocenters. The van der Waals surface area contributed by atoms with Gasteiger partial charge in [0.15, 0.2) is 0 Å². The minimum Gasteiger partial charge on any atom is -0.325 e. The topological polar surface area (TPSA) is 29.3 Å². The van der Waals surface area contributed by atoms with Gasteiger partial charge in [-0.2, -0.15) is 0 Å². The lowest BCUT2D eigenvalue weighted by atomic mass is 9.57. The Labute approximate surface area is 311 Å². The van der Waals surface area contributed by atoms with Crippen LogP contribution in [0.3, 0.4) is 0 Å². The van der Waals surface area contributed by atoms with E-state index in [4.69, 9.17) is 34.1 Å². The highest BCUT2D eigenvalue weighted by Gasteiger charge is 2.47. The molecule has 1 fully saturated rings. The fourth-order valence-electron chi connectivity index (χ4n) is 8.71. The number of nitrogens with zero attached hydrogens (tertiary/aromatic N) is 1. The number of anilines is 2. The van der Waals surface area contributed by atoms with Gasteiger partial charge >= 0.3 is 0 Å². The summed E-state index contributed by atoms with van der Waals surface area (Å²) in [5, 5.41) is 0. The van der Waals surface area contributed by atoms with Gasteiger partial charge < -0.3 is 10.6 Å². The van der Waals surface area contributed by atoms with E-state index in [-0.39, 0.29) is 11.0 Å². The second kappa shape index (κ2) is 13.3. The summed E-state index contributed by atoms with van der Waals surface area (Å²) in [5.41, 5.74) is 21.4. The van der Waals surface area contributed by atoms with Crippen molar-refractivity contribution in [2.75, 3.05) is 4.90 Å². The van der Waals surface area contributed by atoms with Crippen molar-refractivity contribution in [3.63, 3.8) is 0 Å². The van der Waals surface area contributed by atoms with Crippen LogP contribution in [0.15, 0.2) is 143 Å². The van der Waals surface area contributed by atoms with Crippen LogP contribution in [0.5, 0.6) is 0 Å². The zero-order chi connectivity index (χ0) is 35.3. The van der Waals surface area contributed by atoms with Crippen molar-refractivity contribution in [1.29, 1.82) is 0 Å². The van der Waals surface area contributed by atoms with Crippen LogP contribution >= 0.6 is 12.6 Å². The highest BCUT2D eigenvalue weighted by Crippen LogP contribution is 2.55. The third kappa shape index (κ3) is 5.85. The van der Waals surface area contributed by atoms with Gasteiger partial charge in [-0.05, 0) is 96.3 Å². The van der Waals surface area contributed by atoms with Crippen molar-refractivity contribution in [3.05, 3.63) is 150 Å². The third-order valence-corrected chi connectivity index (χ3v) is 12.1. The lowest BCUT2D eigenvalue weighted by molar-refractivity contribution is 0.129. The normalized spacial score (nSPS) is 22.7. The van der Waals surface area contributed by atoms with Gasteiger partial charge in [-0.3, -0.25) is 0 Å². The molecule has 248 valence electrons. The smallest absolute Gasteiger partial charge is 0.117 e. The maximum absolute atomic E-state index is 7.50. The summed E-state index contributed by atoms with van der Waals surface area (Å²) in [4.78, 5) is 3.24. The van der Waals surface area contributed by atoms with Crippen LogP contribution in [-0.2, 0) is 0 Å². The maximum Gasteiger partial charge on any atom is 0.117 e. The Morgan fingerprint density at radius 3 is 2.10 bits per heavy atom. The van der Waals surface area contributed by atoms with E-state index in [0.717, 1.165) is 92.9 Å². The van der Waals surface area contributed by atoms with Gasteiger partial charge in [0.1, 0.15) is 15.7 Å². The first-order valence-corrected chi connectivity index (χ1v) is 18.6. The Hall–Kier alpha value is -4.44. The van der Waals surface area contributed by atoms with E-state index in [0.29, 0.717) is 5.46 Å². The fraction of sp³-hybridized carbons (Fsp3) is 0.217. The minimum absolute atomic E-state index is 0.183. The van der Waals surface area contributed by atoms with Gasteiger partial charge in [0.05, 0.1) is 11.4 Å². The number of thiol groups is 1. The molecular weight excluding hydrogens is 634 g/mol. The monoisotopic (exact) mass is 676 g/mol. The van der Waals surface area contributed by atoms with Gasteiger partial charge in [0, 0.05) is 32.7 Å². The fourth-order valence-corrected chi connectivity index (χ4v) is 8.98. The van der Waals surface area contributed by atoms with Crippen LogP contribution in [0.4, 0.5) is 11.4 Å². The molecular formula is C46H42B2N2S. The zero-order valence-corrected chi connectivity index (χ0v) is 30.4. The Morgan fingerprint density at radius 2 is 1.37 bits per heavy atom. The number of benzene rings is 5. The molecule has 1 saturated carbocycles. The van der Waals surface area contributed by atoms with Crippen molar-refractivity contribution < 1.29 is 0 Å². The minimum atomic E-state index is -0.340. The van der Waals surface area contributed by atoms with E-state index in [1.165, 1.54) is 23.1 Å². The standard InChI is InChI=1S/C46H42B2N2S/c1-45(24-11-12-25-46(45,2)49)39-20-13-19-34-37(39)29-41(35-18-9-10-21-43(35)51)50(40-23-22-33(47)28-36(40)31-16-7-4-8-17-31)42-27-32(26-38(34)44(42)48)30-14-5-3-6-15-30/h3-10,14-19,21-23,26-29,51H,11-13,20,24-25,49H2,1-2H3/b41-29-. The highest BCUT2D eigenvalue weighted by atomic mass is 32.1. The molecule has 1 aliphatic heterocycles. The van der Waals surface area contributed by atoms with Gasteiger partial charge in [0.2, 0.25) is 0 Å². The quantitative estimate of drug-likeness (QED) is 0.143. The molecule has 8 rings (SSSR count). The van der Waals surface area contributed by atoms with Crippen molar-refractivity contribution in [3.8, 4) is 22.3 Å². The molecule has 5 heteroatoms. The molecule has 2 bridgehead atoms. The first-order valence-electron chi connectivity index (χ1n) is 18.1. The molecule has 5 aromatic carbocycles. The van der Waals surface area contributed by atoms with Gasteiger partial charge in [-0.15, -0.1) is 12.6 Å². The van der Waals surface area contributed by atoms with Crippen LogP contribution in [0.1, 0.15) is 63.5 Å². The number of hydrogen-bond acceptors (Lipinski definition) is 3. The van der Waals surface area contributed by atoms with Gasteiger partial charge in [-0.25, -0.2) is 0 Å². The Bertz CT molecular complexity index is 2230. The number of rotatable bonds is 5. The van der Waals surface area contributed by atoms with Crippen LogP contribution in [0.2, 0.25) is 0 Å². The average Bonchev–Trinajstić information content (AvgIpc) is 3.14. The predicted molar refractivity (Wildman–Crippen MR) is 222 cm³/mol. The van der Waals surface area contributed by atoms with E-state index in [1.807, 2.05) is 18.2 Å². The summed E-state index contributed by atoms with van der Waals surface area (Å²) < 4.78 is 0. The molecule has 3 aliphatic rings. The first kappa shape index (κ1) is 33.7. The summed E-state index contributed by atoms with van der Waals surface area (Å²) in [7, 11) is 14.0. The van der Waals surface area contributed by atoms with Gasteiger partial charge in [-0.1, -0.05) is 133 Å². The Balaban J connectivity index is 1.53. The lowest BCUT2D eigenvalue weighted by Gasteiger charge is -2.51. The van der Waals surface area contributed by atoms with Gasteiger partial charge in [0.25, 0.3) is 0 Å². The van der Waals surface area contributed by atoms with Crippen LogP contribution in [-0.4, -0.2) is 21.2 Å². The maximum atomic E-state index is 7.50.